The molecule has 3 heteroatoms. The summed E-state index contributed by atoms with van der Waals surface area (Å²) in [4.78, 5) is 9.60. The number of carboxylic acid groups (broad SMARTS) is 1. The zero-order chi connectivity index (χ0) is 5.15. The second kappa shape index (κ2) is 4.99. The first-order chi connectivity index (χ1) is 2.64. The average Bonchev–Trinajstić information content (AvgIpc) is 1.36. The van der Waals surface area contributed by atoms with Crippen LogP contribution < -0.4 is 0 Å². The Bertz CT molecular complexity index is 75.7. The van der Waals surface area contributed by atoms with Crippen LogP contribution in [0.15, 0.2) is 12.2 Å². The van der Waals surface area contributed by atoms with Gasteiger partial charge in [0, 0.05) is 57.0 Å². The van der Waals surface area contributed by atoms with E-state index in [1.165, 1.54) is 6.92 Å². The number of rotatable bonds is 1. The molecule has 0 aliphatic rings. The SMILES string of the molecule is C=C(C)C(=O)O.[K]. The maximum Gasteiger partial charge on any atom is 0.330 e. The van der Waals surface area contributed by atoms with Crippen LogP contribution in [0.3, 0.4) is 0 Å². The van der Waals surface area contributed by atoms with Crippen LogP contribution in [0.2, 0.25) is 0 Å². The van der Waals surface area contributed by atoms with Crippen LogP contribution in [0.25, 0.3) is 0 Å². The van der Waals surface area contributed by atoms with E-state index in [0.717, 1.165) is 0 Å². The Morgan fingerprint density at radius 2 is 1.86 bits per heavy atom. The molecule has 0 unspecified atom stereocenters. The van der Waals surface area contributed by atoms with Crippen LogP contribution in [0.4, 0.5) is 0 Å². The molecule has 2 nitrogen and oxygen atoms in total. The van der Waals surface area contributed by atoms with Crippen LogP contribution in [0.5, 0.6) is 0 Å². The van der Waals surface area contributed by atoms with E-state index < -0.39 is 5.97 Å². The van der Waals surface area contributed by atoms with Crippen molar-refractivity contribution in [3.63, 3.8) is 0 Å². The van der Waals surface area contributed by atoms with Gasteiger partial charge in [-0.25, -0.2) is 4.79 Å². The molecule has 0 aromatic rings. The summed E-state index contributed by atoms with van der Waals surface area (Å²) in [5.74, 6) is -0.935. The molecule has 0 aromatic heterocycles. The topological polar surface area (TPSA) is 37.3 Å². The molecule has 0 rings (SSSR count). The van der Waals surface area contributed by atoms with Crippen molar-refractivity contribution < 1.29 is 9.90 Å². The largest absolute Gasteiger partial charge is 0.478 e. The van der Waals surface area contributed by atoms with Crippen molar-refractivity contribution in [2.45, 2.75) is 6.92 Å². The van der Waals surface area contributed by atoms with Gasteiger partial charge in [0.15, 0.2) is 0 Å². The first-order valence-corrected chi connectivity index (χ1v) is 1.53. The Morgan fingerprint density at radius 1 is 1.71 bits per heavy atom. The van der Waals surface area contributed by atoms with E-state index in [-0.39, 0.29) is 57.0 Å². The molecule has 35 valence electrons. The predicted octanol–water partition coefficient (Wildman–Crippen LogP) is 0.266. The summed E-state index contributed by atoms with van der Waals surface area (Å²) < 4.78 is 0. The van der Waals surface area contributed by atoms with Crippen LogP contribution >= 0.6 is 0 Å². The zero-order valence-electron chi connectivity index (χ0n) is 4.56. The fourth-order valence-electron chi connectivity index (χ4n) is 0. The summed E-state index contributed by atoms with van der Waals surface area (Å²) in [5, 5.41) is 7.89. The number of hydrogen-bond donors (Lipinski definition) is 1. The van der Waals surface area contributed by atoms with Gasteiger partial charge in [-0.1, -0.05) is 6.58 Å². The van der Waals surface area contributed by atoms with Gasteiger partial charge >= 0.3 is 5.97 Å². The van der Waals surface area contributed by atoms with Crippen LogP contribution in [0.1, 0.15) is 6.92 Å². The monoisotopic (exact) mass is 125 g/mol. The average molecular weight is 125 g/mol. The third-order valence-electron chi connectivity index (χ3n) is 0.365. The van der Waals surface area contributed by atoms with Gasteiger partial charge in [-0.05, 0) is 6.92 Å². The Balaban J connectivity index is 0. The first-order valence-electron chi connectivity index (χ1n) is 1.53. The van der Waals surface area contributed by atoms with Crippen LogP contribution in [-0.2, 0) is 4.79 Å². The van der Waals surface area contributed by atoms with Gasteiger partial charge in [0.05, 0.1) is 0 Å². The zero-order valence-corrected chi connectivity index (χ0v) is 7.69. The van der Waals surface area contributed by atoms with Gasteiger partial charge < -0.3 is 5.11 Å². The van der Waals surface area contributed by atoms with E-state index in [1.807, 2.05) is 0 Å². The minimum absolute atomic E-state index is 0. The maximum atomic E-state index is 9.60. The van der Waals surface area contributed by atoms with Gasteiger partial charge in [0.2, 0.25) is 0 Å². The van der Waals surface area contributed by atoms with E-state index >= 15 is 0 Å². The van der Waals surface area contributed by atoms with Gasteiger partial charge in [-0.3, -0.25) is 0 Å². The predicted molar refractivity (Wildman–Crippen MR) is 28.2 cm³/mol. The molecule has 1 radical (unpaired) electrons. The van der Waals surface area contributed by atoms with Crippen LogP contribution in [-0.4, -0.2) is 62.5 Å². The molecular formula is C4H6KO2. The Morgan fingerprint density at radius 3 is 1.86 bits per heavy atom. The summed E-state index contributed by atoms with van der Waals surface area (Å²) >= 11 is 0. The van der Waals surface area contributed by atoms with Gasteiger partial charge in [0.1, 0.15) is 0 Å². The molecule has 0 aromatic carbocycles. The molecule has 0 heterocycles. The normalized spacial score (nSPS) is 6.43. The molecule has 0 saturated carbocycles. The number of carbonyl (C=O) groups is 1. The van der Waals surface area contributed by atoms with E-state index in [4.69, 9.17) is 5.11 Å². The number of aliphatic carboxylic acids is 1. The standard InChI is InChI=1S/C4H6O2.K/c1-3(2)4(5)6;/h1H2,2H3,(H,5,6);. The van der Waals surface area contributed by atoms with Crippen molar-refractivity contribution in [3.05, 3.63) is 12.2 Å². The van der Waals surface area contributed by atoms with Crippen molar-refractivity contribution in [1.29, 1.82) is 0 Å². The van der Waals surface area contributed by atoms with E-state index in [1.54, 1.807) is 0 Å². The molecule has 1 N–H and O–H groups in total. The van der Waals surface area contributed by atoms with Crippen molar-refractivity contribution in [2.75, 3.05) is 0 Å². The van der Waals surface area contributed by atoms with Crippen molar-refractivity contribution in [3.8, 4) is 0 Å². The molecule has 0 aliphatic carbocycles. The van der Waals surface area contributed by atoms with Gasteiger partial charge in [0.25, 0.3) is 0 Å². The summed E-state index contributed by atoms with van der Waals surface area (Å²) in [7, 11) is 0. The summed E-state index contributed by atoms with van der Waals surface area (Å²) in [6.45, 7) is 4.60. The number of carboxylic acids is 1. The Labute approximate surface area is 85.0 Å². The van der Waals surface area contributed by atoms with E-state index in [0.29, 0.717) is 0 Å². The molecule has 0 fully saturated rings. The summed E-state index contributed by atoms with van der Waals surface area (Å²) in [6, 6.07) is 0. The molecule has 0 atom stereocenters. The number of hydrogen-bond acceptors (Lipinski definition) is 1. The maximum absolute atomic E-state index is 9.60. The smallest absolute Gasteiger partial charge is 0.330 e. The van der Waals surface area contributed by atoms with Gasteiger partial charge in [-0.2, -0.15) is 0 Å². The molecule has 0 aliphatic heterocycles. The molecule has 0 spiro atoms. The fourth-order valence-corrected chi connectivity index (χ4v) is 0. The minimum Gasteiger partial charge on any atom is -0.478 e. The van der Waals surface area contributed by atoms with Crippen molar-refractivity contribution in [2.24, 2.45) is 0 Å². The molecule has 0 saturated heterocycles. The van der Waals surface area contributed by atoms with Crippen molar-refractivity contribution >= 4 is 57.4 Å². The summed E-state index contributed by atoms with van der Waals surface area (Å²) in [6.07, 6.45) is 0. The Hall–Kier alpha value is 0.846. The Kier molecular flexibility index (Phi) is 7.67. The van der Waals surface area contributed by atoms with E-state index in [2.05, 4.69) is 6.58 Å². The molecule has 0 bridgehead atoms. The van der Waals surface area contributed by atoms with Crippen molar-refractivity contribution in [1.82, 2.24) is 0 Å². The quantitative estimate of drug-likeness (QED) is 0.403. The third-order valence-corrected chi connectivity index (χ3v) is 0.365. The second-order valence-electron chi connectivity index (χ2n) is 1.09. The second-order valence-corrected chi connectivity index (χ2v) is 1.09. The molecule has 0 amide bonds. The fraction of sp³-hybridized carbons (Fsp3) is 0.250. The third kappa shape index (κ3) is 6.85. The molecular weight excluding hydrogens is 119 g/mol. The molecule has 7 heavy (non-hydrogen) atoms. The van der Waals surface area contributed by atoms with Crippen LogP contribution in [0, 0.1) is 0 Å². The first kappa shape index (κ1) is 10.8. The van der Waals surface area contributed by atoms with E-state index in [9.17, 15) is 4.79 Å². The van der Waals surface area contributed by atoms with Gasteiger partial charge in [-0.15, -0.1) is 0 Å². The minimum atomic E-state index is -0.935. The summed E-state index contributed by atoms with van der Waals surface area (Å²) in [5.41, 5.74) is 0.176.